The van der Waals surface area contributed by atoms with Gasteiger partial charge in [-0.1, -0.05) is 83.1 Å². The fraction of sp³-hybridized carbons (Fsp3) is 0.588. The van der Waals surface area contributed by atoms with Crippen molar-refractivity contribution in [2.24, 2.45) is 9.98 Å². The Morgan fingerprint density at radius 1 is 0.474 bits per heavy atom. The summed E-state index contributed by atoms with van der Waals surface area (Å²) in [6.07, 6.45) is 0. The molecule has 0 saturated carbocycles. The van der Waals surface area contributed by atoms with Crippen LogP contribution in [0.4, 0.5) is 11.4 Å². The smallest absolute Gasteiger partial charge is 0.126 e. The molecule has 0 amide bonds. The van der Waals surface area contributed by atoms with Crippen LogP contribution in [-0.4, -0.2) is 25.6 Å². The summed E-state index contributed by atoms with van der Waals surface area (Å²) in [6.45, 7) is 30.7. The second-order valence-corrected chi connectivity index (χ2v) is 14.5. The molecule has 4 heteroatoms. The Labute approximate surface area is 233 Å². The summed E-state index contributed by atoms with van der Waals surface area (Å²) >= 11 is 0. The van der Waals surface area contributed by atoms with E-state index in [1.807, 2.05) is 13.8 Å². The van der Waals surface area contributed by atoms with E-state index >= 15 is 0 Å². The van der Waals surface area contributed by atoms with Crippen molar-refractivity contribution >= 4 is 22.8 Å². The Balaban J connectivity index is 2.73. The summed E-state index contributed by atoms with van der Waals surface area (Å²) in [4.78, 5) is 10.1. The van der Waals surface area contributed by atoms with Crippen molar-refractivity contribution in [2.75, 3.05) is 14.2 Å². The van der Waals surface area contributed by atoms with Gasteiger partial charge in [0.25, 0.3) is 0 Å². The van der Waals surface area contributed by atoms with Crippen LogP contribution in [0.1, 0.15) is 119 Å². The van der Waals surface area contributed by atoms with Crippen molar-refractivity contribution in [3.63, 3.8) is 0 Å². The lowest BCUT2D eigenvalue weighted by atomic mass is 9.79. The van der Waals surface area contributed by atoms with Gasteiger partial charge in [0.15, 0.2) is 0 Å². The zero-order valence-corrected chi connectivity index (χ0v) is 27.0. The first-order valence-electron chi connectivity index (χ1n) is 13.7. The normalized spacial score (nSPS) is 14.1. The topological polar surface area (TPSA) is 43.2 Å². The van der Waals surface area contributed by atoms with Gasteiger partial charge in [0, 0.05) is 22.3 Å². The maximum absolute atomic E-state index is 5.93. The molecule has 4 nitrogen and oxygen atoms in total. The summed E-state index contributed by atoms with van der Waals surface area (Å²) < 4.78 is 11.9. The molecule has 0 N–H and O–H groups in total. The summed E-state index contributed by atoms with van der Waals surface area (Å²) in [6, 6.07) is 8.64. The minimum absolute atomic E-state index is 0.0796. The lowest BCUT2D eigenvalue weighted by Crippen LogP contribution is -2.19. The largest absolute Gasteiger partial charge is 0.496 e. The van der Waals surface area contributed by atoms with Crippen LogP contribution in [0.5, 0.6) is 11.5 Å². The van der Waals surface area contributed by atoms with Crippen LogP contribution < -0.4 is 9.47 Å². The molecule has 0 aromatic heterocycles. The van der Waals surface area contributed by atoms with Gasteiger partial charge < -0.3 is 9.47 Å². The van der Waals surface area contributed by atoms with Crippen LogP contribution in [0.3, 0.4) is 0 Å². The molecular weight excluding hydrogens is 468 g/mol. The molecule has 0 spiro atoms. The number of ether oxygens (including phenoxy) is 2. The quantitative estimate of drug-likeness (QED) is 0.368. The molecule has 0 fully saturated rings. The summed E-state index contributed by atoms with van der Waals surface area (Å²) in [5.74, 6) is 1.91. The number of methoxy groups -OCH3 is 2. The van der Waals surface area contributed by atoms with Gasteiger partial charge in [0.1, 0.15) is 11.5 Å². The van der Waals surface area contributed by atoms with Gasteiger partial charge in [-0.25, -0.2) is 0 Å². The fourth-order valence-electron chi connectivity index (χ4n) is 4.57. The van der Waals surface area contributed by atoms with Gasteiger partial charge in [-0.05, 0) is 59.8 Å². The molecule has 2 rings (SSSR count). The molecule has 0 unspecified atom stereocenters. The van der Waals surface area contributed by atoms with Crippen LogP contribution in [0.25, 0.3) is 0 Å². The first-order valence-corrected chi connectivity index (χ1v) is 13.7. The maximum Gasteiger partial charge on any atom is 0.126 e. The van der Waals surface area contributed by atoms with Crippen LogP contribution in [0.15, 0.2) is 34.3 Å². The maximum atomic E-state index is 5.93. The number of rotatable bonds is 5. The second-order valence-electron chi connectivity index (χ2n) is 14.5. The molecule has 0 radical (unpaired) electrons. The van der Waals surface area contributed by atoms with Gasteiger partial charge in [-0.15, -0.1) is 0 Å². The average Bonchev–Trinajstić information content (AvgIpc) is 2.75. The molecule has 0 aliphatic carbocycles. The number of hydrogen-bond acceptors (Lipinski definition) is 4. The zero-order valence-electron chi connectivity index (χ0n) is 27.0. The van der Waals surface area contributed by atoms with Crippen molar-refractivity contribution in [3.05, 3.63) is 46.5 Å². The Hall–Kier alpha value is -2.62. The molecule has 38 heavy (non-hydrogen) atoms. The minimum atomic E-state index is -0.0796. The Kier molecular flexibility index (Phi) is 9.03. The molecule has 0 aliphatic heterocycles. The van der Waals surface area contributed by atoms with E-state index in [-0.39, 0.29) is 21.7 Å². The molecule has 210 valence electrons. The average molecular weight is 521 g/mol. The summed E-state index contributed by atoms with van der Waals surface area (Å²) in [7, 11) is 3.52. The predicted octanol–water partition coefficient (Wildman–Crippen LogP) is 9.78. The van der Waals surface area contributed by atoms with Gasteiger partial charge >= 0.3 is 0 Å². The third-order valence-electron chi connectivity index (χ3n) is 6.90. The van der Waals surface area contributed by atoms with E-state index in [0.29, 0.717) is 0 Å². The lowest BCUT2D eigenvalue weighted by Gasteiger charge is -2.29. The highest BCUT2D eigenvalue weighted by Crippen LogP contribution is 2.44. The van der Waals surface area contributed by atoms with E-state index < -0.39 is 0 Å². The van der Waals surface area contributed by atoms with E-state index in [1.165, 1.54) is 0 Å². The summed E-state index contributed by atoms with van der Waals surface area (Å²) in [5, 5.41) is 0. The van der Waals surface area contributed by atoms with Crippen molar-refractivity contribution in [2.45, 2.75) is 119 Å². The zero-order chi connectivity index (χ0) is 29.4. The third-order valence-corrected chi connectivity index (χ3v) is 6.90. The summed E-state index contributed by atoms with van der Waals surface area (Å²) in [5.41, 5.74) is 7.95. The highest BCUT2D eigenvalue weighted by atomic mass is 16.5. The lowest BCUT2D eigenvalue weighted by molar-refractivity contribution is 0.381. The second kappa shape index (κ2) is 10.9. The fourth-order valence-corrected chi connectivity index (χ4v) is 4.57. The molecule has 0 atom stereocenters. The standard InChI is InChI=1S/C34H52N2O2/c1-21(35-23-17-25(31(3,4)5)29(37-15)26(18-23)32(6,7)8)22(2)36-24-19-27(33(9,10)11)30(38-16)28(20-24)34(12,13)14/h17-20H,1-16H3. The molecule has 0 heterocycles. The van der Waals surface area contributed by atoms with E-state index in [0.717, 1.165) is 56.6 Å². The third kappa shape index (κ3) is 7.27. The molecule has 2 aromatic rings. The van der Waals surface area contributed by atoms with E-state index in [1.54, 1.807) is 14.2 Å². The van der Waals surface area contributed by atoms with Crippen LogP contribution in [0.2, 0.25) is 0 Å². The number of aliphatic imine (C=N–C) groups is 2. The Bertz CT molecular complexity index is 1050. The van der Waals surface area contributed by atoms with Crippen molar-refractivity contribution < 1.29 is 9.47 Å². The molecular formula is C34H52N2O2. The first-order chi connectivity index (χ1) is 17.1. The van der Waals surface area contributed by atoms with Crippen LogP contribution in [0, 0.1) is 0 Å². The van der Waals surface area contributed by atoms with Gasteiger partial charge in [0.2, 0.25) is 0 Å². The van der Waals surface area contributed by atoms with Gasteiger partial charge in [0.05, 0.1) is 37.0 Å². The van der Waals surface area contributed by atoms with Crippen molar-refractivity contribution in [3.8, 4) is 11.5 Å². The van der Waals surface area contributed by atoms with E-state index in [9.17, 15) is 0 Å². The molecule has 0 aliphatic rings. The first kappa shape index (κ1) is 31.6. The predicted molar refractivity (Wildman–Crippen MR) is 166 cm³/mol. The van der Waals surface area contributed by atoms with Gasteiger partial charge in [-0.2, -0.15) is 0 Å². The number of benzene rings is 2. The Morgan fingerprint density at radius 3 is 0.842 bits per heavy atom. The number of hydrogen-bond donors (Lipinski definition) is 0. The van der Waals surface area contributed by atoms with E-state index in [4.69, 9.17) is 19.5 Å². The van der Waals surface area contributed by atoms with E-state index in [2.05, 4.69) is 107 Å². The molecule has 2 aromatic carbocycles. The van der Waals surface area contributed by atoms with Crippen molar-refractivity contribution in [1.82, 2.24) is 0 Å². The highest BCUT2D eigenvalue weighted by Gasteiger charge is 2.29. The number of nitrogens with zero attached hydrogens (tertiary/aromatic N) is 2. The van der Waals surface area contributed by atoms with Crippen molar-refractivity contribution in [1.29, 1.82) is 0 Å². The highest BCUT2D eigenvalue weighted by molar-refractivity contribution is 6.41. The monoisotopic (exact) mass is 520 g/mol. The minimum Gasteiger partial charge on any atom is -0.496 e. The SMILES string of the molecule is COc1c(C(C)(C)C)cc(N=C(C)C(C)=Nc2cc(C(C)(C)C)c(OC)c(C(C)(C)C)c2)cc1C(C)(C)C. The molecule has 0 bridgehead atoms. The molecule has 0 saturated heterocycles. The van der Waals surface area contributed by atoms with Crippen LogP contribution in [-0.2, 0) is 21.7 Å². The van der Waals surface area contributed by atoms with Crippen LogP contribution >= 0.6 is 0 Å². The Morgan fingerprint density at radius 2 is 0.684 bits per heavy atom. The van der Waals surface area contributed by atoms with Gasteiger partial charge in [-0.3, -0.25) is 9.98 Å².